The van der Waals surface area contributed by atoms with E-state index in [0.29, 0.717) is 13.1 Å². The summed E-state index contributed by atoms with van der Waals surface area (Å²) in [6.07, 6.45) is 3.86. The molecule has 2 aromatic heterocycles. The third-order valence-corrected chi connectivity index (χ3v) is 5.31. The molecule has 1 aliphatic heterocycles. The molecule has 0 spiro atoms. The smallest absolute Gasteiger partial charge is 0.224 e. The molecule has 1 N–H and O–H groups in total. The van der Waals surface area contributed by atoms with Crippen LogP contribution in [0.4, 0.5) is 5.82 Å². The van der Waals surface area contributed by atoms with Crippen molar-refractivity contribution in [1.82, 2.24) is 25.1 Å². The van der Waals surface area contributed by atoms with E-state index in [1.807, 2.05) is 25.1 Å². The van der Waals surface area contributed by atoms with Gasteiger partial charge in [0.05, 0.1) is 5.92 Å². The molecule has 7 nitrogen and oxygen atoms in total. The van der Waals surface area contributed by atoms with Crippen molar-refractivity contribution in [3.8, 4) is 0 Å². The number of benzene rings is 1. The molecule has 3 heterocycles. The zero-order chi connectivity index (χ0) is 19.3. The van der Waals surface area contributed by atoms with E-state index in [-0.39, 0.29) is 11.8 Å². The van der Waals surface area contributed by atoms with Crippen molar-refractivity contribution in [2.24, 2.45) is 5.92 Å². The fourth-order valence-electron chi connectivity index (χ4n) is 3.75. The van der Waals surface area contributed by atoms with Crippen LogP contribution in [0, 0.1) is 12.8 Å². The maximum atomic E-state index is 12.6. The summed E-state index contributed by atoms with van der Waals surface area (Å²) in [6.45, 7) is 4.22. The minimum absolute atomic E-state index is 0.00461. The molecule has 1 amide bonds. The monoisotopic (exact) mass is 378 g/mol. The summed E-state index contributed by atoms with van der Waals surface area (Å²) in [6, 6.07) is 14.3. The number of aryl methyl sites for hydroxylation is 2. The van der Waals surface area contributed by atoms with Gasteiger partial charge in [-0.25, -0.2) is 0 Å². The Bertz CT molecular complexity index is 938. The maximum absolute atomic E-state index is 12.6. The molecule has 0 bridgehead atoms. The van der Waals surface area contributed by atoms with Gasteiger partial charge in [-0.15, -0.1) is 15.3 Å². The zero-order valence-corrected chi connectivity index (χ0v) is 16.2. The van der Waals surface area contributed by atoms with Gasteiger partial charge in [-0.05, 0) is 50.3 Å². The predicted octanol–water partition coefficient (Wildman–Crippen LogP) is 2.40. The standard InChI is InChI=1S/C21H26N6O/c1-16-23-24-19-11-12-20(25-27(16)19)26-14-6-10-18(15-26)21(28)22-13-5-9-17-7-3-2-4-8-17/h2-4,7-8,11-12,18H,5-6,9-10,13-15H2,1H3,(H,22,28)/t18-/m0/s1. The Morgan fingerprint density at radius 2 is 2.04 bits per heavy atom. The largest absolute Gasteiger partial charge is 0.356 e. The van der Waals surface area contributed by atoms with Crippen LogP contribution >= 0.6 is 0 Å². The molecular formula is C21H26N6O. The molecule has 28 heavy (non-hydrogen) atoms. The number of nitrogens with one attached hydrogen (secondary N) is 1. The van der Waals surface area contributed by atoms with Crippen LogP contribution in [0.1, 0.15) is 30.7 Å². The molecule has 0 radical (unpaired) electrons. The molecule has 0 saturated carbocycles. The predicted molar refractivity (Wildman–Crippen MR) is 108 cm³/mol. The highest BCUT2D eigenvalue weighted by Crippen LogP contribution is 2.22. The molecule has 4 rings (SSSR count). The van der Waals surface area contributed by atoms with Gasteiger partial charge in [-0.3, -0.25) is 4.79 Å². The quantitative estimate of drug-likeness (QED) is 0.667. The van der Waals surface area contributed by atoms with Crippen molar-refractivity contribution in [1.29, 1.82) is 0 Å². The summed E-state index contributed by atoms with van der Waals surface area (Å²) in [4.78, 5) is 14.8. The first-order valence-electron chi connectivity index (χ1n) is 9.96. The lowest BCUT2D eigenvalue weighted by atomic mass is 9.97. The third kappa shape index (κ3) is 4.13. The van der Waals surface area contributed by atoms with Crippen LogP contribution in [-0.4, -0.2) is 45.4 Å². The first kappa shape index (κ1) is 18.4. The molecule has 7 heteroatoms. The Hall–Kier alpha value is -2.96. The number of hydrogen-bond donors (Lipinski definition) is 1. The van der Waals surface area contributed by atoms with E-state index in [2.05, 4.69) is 49.8 Å². The number of amides is 1. The second-order valence-corrected chi connectivity index (χ2v) is 7.37. The topological polar surface area (TPSA) is 75.4 Å². The molecular weight excluding hydrogens is 352 g/mol. The lowest BCUT2D eigenvalue weighted by molar-refractivity contribution is -0.125. The average molecular weight is 378 g/mol. The average Bonchev–Trinajstić information content (AvgIpc) is 3.12. The van der Waals surface area contributed by atoms with Crippen molar-refractivity contribution >= 4 is 17.4 Å². The van der Waals surface area contributed by atoms with E-state index in [0.717, 1.165) is 49.5 Å². The van der Waals surface area contributed by atoms with Crippen molar-refractivity contribution in [2.75, 3.05) is 24.5 Å². The number of carbonyl (C=O) groups excluding carboxylic acids is 1. The van der Waals surface area contributed by atoms with Gasteiger partial charge in [0.25, 0.3) is 0 Å². The SMILES string of the molecule is Cc1nnc2ccc(N3CCC[C@H](C(=O)NCCCc4ccccc4)C3)nn12. The molecule has 1 fully saturated rings. The summed E-state index contributed by atoms with van der Waals surface area (Å²) in [5.41, 5.74) is 2.05. The van der Waals surface area contributed by atoms with Gasteiger partial charge in [0.1, 0.15) is 5.82 Å². The zero-order valence-electron chi connectivity index (χ0n) is 16.2. The van der Waals surface area contributed by atoms with Crippen LogP contribution in [0.3, 0.4) is 0 Å². The number of anilines is 1. The summed E-state index contributed by atoms with van der Waals surface area (Å²) in [7, 11) is 0. The maximum Gasteiger partial charge on any atom is 0.224 e. The number of fused-ring (bicyclic) bond motifs is 1. The molecule has 1 atom stereocenters. The van der Waals surface area contributed by atoms with Gasteiger partial charge in [0.2, 0.25) is 5.91 Å². The Morgan fingerprint density at radius 3 is 2.89 bits per heavy atom. The van der Waals surface area contributed by atoms with Gasteiger partial charge in [-0.1, -0.05) is 30.3 Å². The van der Waals surface area contributed by atoms with Crippen LogP contribution in [0.2, 0.25) is 0 Å². The van der Waals surface area contributed by atoms with E-state index in [1.165, 1.54) is 5.56 Å². The van der Waals surface area contributed by atoms with Crippen molar-refractivity contribution in [2.45, 2.75) is 32.6 Å². The fraction of sp³-hybridized carbons (Fsp3) is 0.429. The number of piperidine rings is 1. The molecule has 1 aromatic carbocycles. The second-order valence-electron chi connectivity index (χ2n) is 7.37. The van der Waals surface area contributed by atoms with Gasteiger partial charge in [-0.2, -0.15) is 4.52 Å². The summed E-state index contributed by atoms with van der Waals surface area (Å²) >= 11 is 0. The van der Waals surface area contributed by atoms with Crippen LogP contribution in [0.15, 0.2) is 42.5 Å². The summed E-state index contributed by atoms with van der Waals surface area (Å²) < 4.78 is 1.75. The van der Waals surface area contributed by atoms with Crippen LogP contribution in [0.25, 0.3) is 5.65 Å². The van der Waals surface area contributed by atoms with E-state index >= 15 is 0 Å². The molecule has 1 saturated heterocycles. The highest BCUT2D eigenvalue weighted by atomic mass is 16.1. The molecule has 0 aliphatic carbocycles. The fourth-order valence-corrected chi connectivity index (χ4v) is 3.75. The van der Waals surface area contributed by atoms with Crippen LogP contribution < -0.4 is 10.2 Å². The third-order valence-electron chi connectivity index (χ3n) is 5.31. The Morgan fingerprint density at radius 1 is 1.18 bits per heavy atom. The van der Waals surface area contributed by atoms with Crippen molar-refractivity contribution < 1.29 is 4.79 Å². The van der Waals surface area contributed by atoms with E-state index in [9.17, 15) is 4.79 Å². The number of nitrogens with zero attached hydrogens (tertiary/aromatic N) is 5. The van der Waals surface area contributed by atoms with Crippen molar-refractivity contribution in [3.05, 3.63) is 53.9 Å². The van der Waals surface area contributed by atoms with Crippen molar-refractivity contribution in [3.63, 3.8) is 0 Å². The lowest BCUT2D eigenvalue weighted by Crippen LogP contribution is -2.43. The van der Waals surface area contributed by atoms with E-state index in [4.69, 9.17) is 0 Å². The van der Waals surface area contributed by atoms with Gasteiger partial charge >= 0.3 is 0 Å². The van der Waals surface area contributed by atoms with Crippen LogP contribution in [0.5, 0.6) is 0 Å². The number of rotatable bonds is 6. The Kier molecular flexibility index (Phi) is 5.50. The summed E-state index contributed by atoms with van der Waals surface area (Å²) in [5.74, 6) is 1.79. The first-order valence-corrected chi connectivity index (χ1v) is 9.96. The van der Waals surface area contributed by atoms with Crippen LogP contribution in [-0.2, 0) is 11.2 Å². The second kappa shape index (κ2) is 8.37. The minimum atomic E-state index is 0.00461. The Labute approximate surface area is 164 Å². The molecule has 0 unspecified atom stereocenters. The molecule has 146 valence electrons. The Balaban J connectivity index is 1.31. The van der Waals surface area contributed by atoms with E-state index < -0.39 is 0 Å². The number of hydrogen-bond acceptors (Lipinski definition) is 5. The van der Waals surface area contributed by atoms with E-state index in [1.54, 1.807) is 4.52 Å². The number of aromatic nitrogens is 4. The normalized spacial score (nSPS) is 17.0. The van der Waals surface area contributed by atoms with Gasteiger partial charge < -0.3 is 10.2 Å². The van der Waals surface area contributed by atoms with Gasteiger partial charge in [0.15, 0.2) is 11.5 Å². The lowest BCUT2D eigenvalue weighted by Gasteiger charge is -2.32. The van der Waals surface area contributed by atoms with Gasteiger partial charge in [0, 0.05) is 19.6 Å². The summed E-state index contributed by atoms with van der Waals surface area (Å²) in [5, 5.41) is 15.9. The highest BCUT2D eigenvalue weighted by molar-refractivity contribution is 5.79. The highest BCUT2D eigenvalue weighted by Gasteiger charge is 2.26. The molecule has 3 aromatic rings. The number of carbonyl (C=O) groups is 1. The first-order chi connectivity index (χ1) is 13.7. The minimum Gasteiger partial charge on any atom is -0.356 e. The molecule has 1 aliphatic rings.